The van der Waals surface area contributed by atoms with Crippen molar-refractivity contribution in [3.05, 3.63) is 48.3 Å². The van der Waals surface area contributed by atoms with E-state index in [-0.39, 0.29) is 0 Å². The van der Waals surface area contributed by atoms with Crippen LogP contribution in [0.25, 0.3) is 0 Å². The Kier molecular flexibility index (Phi) is 2.12. The number of hydrogen-bond acceptors (Lipinski definition) is 3. The van der Waals surface area contributed by atoms with Crippen LogP contribution in [0.2, 0.25) is 0 Å². The number of hydrogen-bond donors (Lipinski definition) is 4. The molecule has 1 aliphatic heterocycles. The van der Waals surface area contributed by atoms with E-state index in [1.54, 1.807) is 30.3 Å². The van der Waals surface area contributed by atoms with Gasteiger partial charge in [0, 0.05) is 5.56 Å². The maximum atomic E-state index is 11.4. The summed E-state index contributed by atoms with van der Waals surface area (Å²) in [5.74, 6) is 0.405. The van der Waals surface area contributed by atoms with Crippen LogP contribution in [0.5, 0.6) is 0 Å². The van der Waals surface area contributed by atoms with Gasteiger partial charge in [-0.15, -0.1) is 0 Å². The molecule has 80 valence electrons. The predicted molar refractivity (Wildman–Crippen MR) is 55.6 cm³/mol. The van der Waals surface area contributed by atoms with E-state index in [1.807, 2.05) is 0 Å². The number of nitrogens with one attached hydrogen (secondary N) is 2. The van der Waals surface area contributed by atoms with E-state index in [9.17, 15) is 14.4 Å². The molecule has 1 saturated heterocycles. The first-order valence-electron chi connectivity index (χ1n) is 4.32. The number of rotatable bonds is 2. The first-order chi connectivity index (χ1) is 6.96. The molecule has 2 rings (SSSR count). The monoisotopic (exact) mass is 226 g/mol. The molecule has 0 aliphatic carbocycles. The summed E-state index contributed by atoms with van der Waals surface area (Å²) in [7, 11) is -4.34. The van der Waals surface area contributed by atoms with Gasteiger partial charge in [0.05, 0.1) is 5.82 Å². The van der Waals surface area contributed by atoms with Crippen LogP contribution in [0, 0.1) is 0 Å². The molecule has 0 bridgehead atoms. The van der Waals surface area contributed by atoms with Gasteiger partial charge in [-0.05, 0) is 0 Å². The summed E-state index contributed by atoms with van der Waals surface area (Å²) in [6.45, 7) is 3.53. The van der Waals surface area contributed by atoms with E-state index in [2.05, 4.69) is 17.2 Å². The smallest absolute Gasteiger partial charge is 0.336 e. The summed E-state index contributed by atoms with van der Waals surface area (Å²) in [6, 6.07) is 8.51. The molecule has 15 heavy (non-hydrogen) atoms. The van der Waals surface area contributed by atoms with Crippen LogP contribution in [0.3, 0.4) is 0 Å². The molecule has 1 aliphatic rings. The molecule has 1 fully saturated rings. The Morgan fingerprint density at radius 2 is 1.73 bits per heavy atom. The van der Waals surface area contributed by atoms with Gasteiger partial charge in [-0.25, -0.2) is 0 Å². The zero-order valence-electron chi connectivity index (χ0n) is 7.84. The average molecular weight is 226 g/mol. The highest BCUT2D eigenvalue weighted by atomic mass is 31.2. The molecule has 0 atom stereocenters. The van der Waals surface area contributed by atoms with Crippen LogP contribution in [-0.2, 0) is 9.97 Å². The molecule has 4 N–H and O–H groups in total. The molecular formula is C9H11N2O3P. The summed E-state index contributed by atoms with van der Waals surface area (Å²) < 4.78 is 11.4. The minimum atomic E-state index is -4.34. The highest BCUT2D eigenvalue weighted by molar-refractivity contribution is 7.53. The fourth-order valence-corrected chi connectivity index (χ4v) is 2.62. The molecule has 0 aromatic heterocycles. The second-order valence-electron chi connectivity index (χ2n) is 3.35. The Labute approximate surface area is 87.0 Å². The van der Waals surface area contributed by atoms with Crippen molar-refractivity contribution in [2.75, 3.05) is 0 Å². The number of benzene rings is 1. The minimum Gasteiger partial charge on any atom is -0.336 e. The molecule has 0 amide bonds. The van der Waals surface area contributed by atoms with Gasteiger partial charge in [0.15, 0.2) is 0 Å². The second kappa shape index (κ2) is 3.10. The van der Waals surface area contributed by atoms with Crippen LogP contribution < -0.4 is 10.6 Å². The van der Waals surface area contributed by atoms with E-state index < -0.39 is 13.0 Å². The SMILES string of the molecule is C=C1NC(c2ccccc2)(P(=O)(O)O)N1. The lowest BCUT2D eigenvalue weighted by molar-refractivity contribution is 0.233. The Bertz CT molecular complexity index is 432. The summed E-state index contributed by atoms with van der Waals surface area (Å²) in [5, 5.41) is 3.78. The van der Waals surface area contributed by atoms with Crippen LogP contribution in [0.4, 0.5) is 0 Å². The van der Waals surface area contributed by atoms with Crippen molar-refractivity contribution >= 4 is 7.60 Å². The molecule has 6 heteroatoms. The zero-order valence-corrected chi connectivity index (χ0v) is 8.74. The largest absolute Gasteiger partial charge is 0.375 e. The third kappa shape index (κ3) is 1.45. The first-order valence-corrected chi connectivity index (χ1v) is 5.93. The van der Waals surface area contributed by atoms with Crippen molar-refractivity contribution in [2.24, 2.45) is 0 Å². The van der Waals surface area contributed by atoms with Crippen LogP contribution in [0.1, 0.15) is 5.56 Å². The Morgan fingerprint density at radius 3 is 2.13 bits per heavy atom. The average Bonchev–Trinajstić information content (AvgIpc) is 2.12. The summed E-state index contributed by atoms with van der Waals surface area (Å²) in [4.78, 5) is 18.6. The van der Waals surface area contributed by atoms with Crippen molar-refractivity contribution < 1.29 is 14.4 Å². The lowest BCUT2D eigenvalue weighted by Gasteiger charge is -2.46. The molecule has 1 aromatic carbocycles. The van der Waals surface area contributed by atoms with Gasteiger partial charge in [-0.2, -0.15) is 0 Å². The second-order valence-corrected chi connectivity index (χ2v) is 5.11. The van der Waals surface area contributed by atoms with Crippen molar-refractivity contribution in [3.8, 4) is 0 Å². The fourth-order valence-electron chi connectivity index (χ4n) is 1.57. The highest BCUT2D eigenvalue weighted by Crippen LogP contribution is 2.56. The summed E-state index contributed by atoms with van der Waals surface area (Å²) in [6.07, 6.45) is 0. The van der Waals surface area contributed by atoms with Crippen molar-refractivity contribution in [3.63, 3.8) is 0 Å². The first kappa shape index (κ1) is 10.2. The molecule has 1 heterocycles. The van der Waals surface area contributed by atoms with Gasteiger partial charge in [-0.1, -0.05) is 36.9 Å². The van der Waals surface area contributed by atoms with Crippen molar-refractivity contribution in [1.82, 2.24) is 10.6 Å². The van der Waals surface area contributed by atoms with Gasteiger partial charge >= 0.3 is 7.60 Å². The topological polar surface area (TPSA) is 81.6 Å². The van der Waals surface area contributed by atoms with Crippen molar-refractivity contribution in [2.45, 2.75) is 5.40 Å². The van der Waals surface area contributed by atoms with Gasteiger partial charge in [0.1, 0.15) is 0 Å². The minimum absolute atomic E-state index is 0.405. The normalized spacial score (nSPS) is 18.7. The van der Waals surface area contributed by atoms with E-state index in [0.717, 1.165) is 0 Å². The maximum Gasteiger partial charge on any atom is 0.375 e. The zero-order chi connectivity index (χ0) is 11.1. The fraction of sp³-hybridized carbons (Fsp3) is 0.111. The Morgan fingerprint density at radius 1 is 1.20 bits per heavy atom. The molecule has 0 spiro atoms. The van der Waals surface area contributed by atoms with Gasteiger partial charge in [0.25, 0.3) is 0 Å². The lowest BCUT2D eigenvalue weighted by Crippen LogP contribution is -2.65. The Hall–Kier alpha value is -1.29. The van der Waals surface area contributed by atoms with Crippen LogP contribution >= 0.6 is 7.60 Å². The van der Waals surface area contributed by atoms with Gasteiger partial charge in [-0.3, -0.25) is 4.57 Å². The molecule has 1 aromatic rings. The predicted octanol–water partition coefficient (Wildman–Crippen LogP) is 0.639. The van der Waals surface area contributed by atoms with Crippen LogP contribution in [-0.4, -0.2) is 9.79 Å². The van der Waals surface area contributed by atoms with E-state index in [1.165, 1.54) is 0 Å². The van der Waals surface area contributed by atoms with Gasteiger partial charge < -0.3 is 20.4 Å². The molecule has 5 nitrogen and oxygen atoms in total. The van der Waals surface area contributed by atoms with Gasteiger partial charge in [0.2, 0.25) is 5.40 Å². The molecule has 0 radical (unpaired) electrons. The van der Waals surface area contributed by atoms with E-state index >= 15 is 0 Å². The third-order valence-electron chi connectivity index (χ3n) is 2.29. The standard InChI is InChI=1S/C9H11N2O3P/c1-7-10-9(11-7,15(12,13)14)8-5-3-2-4-6-8/h2-6,10-11H,1H2,(H2,12,13,14). The summed E-state index contributed by atoms with van der Waals surface area (Å²) in [5.41, 5.74) is 0.491. The molecular weight excluding hydrogens is 215 g/mol. The highest BCUT2D eigenvalue weighted by Gasteiger charge is 2.55. The van der Waals surface area contributed by atoms with E-state index in [4.69, 9.17) is 0 Å². The quantitative estimate of drug-likeness (QED) is 0.556. The third-order valence-corrected chi connectivity index (χ3v) is 3.65. The molecule has 0 saturated carbocycles. The molecule has 0 unspecified atom stereocenters. The Balaban J connectivity index is 2.47. The maximum absolute atomic E-state index is 11.4. The lowest BCUT2D eigenvalue weighted by atomic mass is 10.1. The van der Waals surface area contributed by atoms with Crippen molar-refractivity contribution in [1.29, 1.82) is 0 Å². The summed E-state index contributed by atoms with van der Waals surface area (Å²) >= 11 is 0. The van der Waals surface area contributed by atoms with E-state index in [0.29, 0.717) is 11.4 Å². The van der Waals surface area contributed by atoms with Crippen LogP contribution in [0.15, 0.2) is 42.7 Å².